The molecule has 1 N–H and O–H groups in total. The summed E-state index contributed by atoms with van der Waals surface area (Å²) in [4.78, 5) is 28.3. The number of aromatic nitrogens is 2. The van der Waals surface area contributed by atoms with Gasteiger partial charge in [-0.3, -0.25) is 14.3 Å². The van der Waals surface area contributed by atoms with Crippen molar-refractivity contribution in [2.75, 3.05) is 0 Å². The van der Waals surface area contributed by atoms with Crippen molar-refractivity contribution in [3.8, 4) is 0 Å². The van der Waals surface area contributed by atoms with Crippen molar-refractivity contribution in [3.63, 3.8) is 0 Å². The molecule has 0 bridgehead atoms. The molecule has 0 amide bonds. The van der Waals surface area contributed by atoms with Crippen LogP contribution in [-0.2, 0) is 13.0 Å². The van der Waals surface area contributed by atoms with E-state index in [4.69, 9.17) is 0 Å². The molecule has 0 atom stereocenters. The Balaban J connectivity index is 2.11. The Morgan fingerprint density at radius 2 is 1.83 bits per heavy atom. The lowest BCUT2D eigenvalue weighted by Crippen LogP contribution is -2.34. The van der Waals surface area contributed by atoms with E-state index < -0.39 is 0 Å². The Hall–Kier alpha value is -1.75. The summed E-state index contributed by atoms with van der Waals surface area (Å²) >= 11 is 1.55. The van der Waals surface area contributed by atoms with Gasteiger partial charge in [0.15, 0.2) is 0 Å². The predicted octanol–water partition coefficient (Wildman–Crippen LogP) is 3.67. The number of hydrogen-bond donors (Lipinski definition) is 1. The van der Waals surface area contributed by atoms with Gasteiger partial charge >= 0.3 is 5.69 Å². The van der Waals surface area contributed by atoms with Gasteiger partial charge in [0.05, 0.1) is 5.03 Å². The minimum absolute atomic E-state index is 0.235. The summed E-state index contributed by atoms with van der Waals surface area (Å²) < 4.78 is 1.78. The van der Waals surface area contributed by atoms with E-state index in [0.717, 1.165) is 21.9 Å². The number of rotatable bonds is 6. The van der Waals surface area contributed by atoms with Crippen molar-refractivity contribution in [2.45, 2.75) is 62.9 Å². The van der Waals surface area contributed by atoms with Crippen molar-refractivity contribution in [1.82, 2.24) is 9.55 Å². The minimum Gasteiger partial charge on any atom is -0.287 e. The summed E-state index contributed by atoms with van der Waals surface area (Å²) in [5.41, 5.74) is 2.60. The Kier molecular flexibility index (Phi) is 4.99. The van der Waals surface area contributed by atoms with Crippen molar-refractivity contribution in [3.05, 3.63) is 55.7 Å². The molecular weight excluding hydrogens is 320 g/mol. The van der Waals surface area contributed by atoms with Crippen molar-refractivity contribution >= 4 is 11.8 Å². The first kappa shape index (κ1) is 17.1. The fourth-order valence-corrected chi connectivity index (χ4v) is 4.31. The average molecular weight is 344 g/mol. The zero-order chi connectivity index (χ0) is 17.3. The van der Waals surface area contributed by atoms with Gasteiger partial charge in [-0.1, -0.05) is 31.2 Å². The molecular formula is C19H24N2O2S. The van der Waals surface area contributed by atoms with E-state index in [2.05, 4.69) is 44.0 Å². The Bertz CT molecular complexity index is 842. The lowest BCUT2D eigenvalue weighted by Gasteiger charge is -2.16. The monoisotopic (exact) mass is 344 g/mol. The quantitative estimate of drug-likeness (QED) is 0.814. The highest BCUT2D eigenvalue weighted by molar-refractivity contribution is 7.99. The molecule has 1 saturated carbocycles. The molecule has 5 heteroatoms. The molecule has 1 heterocycles. The third-order valence-corrected chi connectivity index (χ3v) is 5.42. The summed E-state index contributed by atoms with van der Waals surface area (Å²) in [6.07, 6.45) is 3.91. The SMILES string of the molecule is CCCc1c(Sc2cc(C)cc(C)c2)n(CC2CC2)c(=O)[nH]c1=O. The normalized spacial score (nSPS) is 14.1. The molecule has 4 nitrogen and oxygen atoms in total. The van der Waals surface area contributed by atoms with Crippen LogP contribution in [0.25, 0.3) is 0 Å². The van der Waals surface area contributed by atoms with Gasteiger partial charge in [-0.25, -0.2) is 4.79 Å². The van der Waals surface area contributed by atoms with E-state index in [9.17, 15) is 9.59 Å². The van der Waals surface area contributed by atoms with Gasteiger partial charge < -0.3 is 0 Å². The summed E-state index contributed by atoms with van der Waals surface area (Å²) in [5.74, 6) is 0.571. The van der Waals surface area contributed by atoms with E-state index in [-0.39, 0.29) is 11.2 Å². The van der Waals surface area contributed by atoms with Gasteiger partial charge in [0.2, 0.25) is 0 Å². The molecule has 0 aliphatic heterocycles. The predicted molar refractivity (Wildman–Crippen MR) is 98.1 cm³/mol. The number of nitrogens with zero attached hydrogens (tertiary/aromatic N) is 1. The smallest absolute Gasteiger partial charge is 0.287 e. The molecule has 1 fully saturated rings. The van der Waals surface area contributed by atoms with Crippen LogP contribution in [0, 0.1) is 19.8 Å². The average Bonchev–Trinajstić information content (AvgIpc) is 3.30. The van der Waals surface area contributed by atoms with E-state index in [1.165, 1.54) is 24.0 Å². The van der Waals surface area contributed by atoms with E-state index in [1.807, 2.05) is 0 Å². The molecule has 3 rings (SSSR count). The van der Waals surface area contributed by atoms with E-state index in [0.29, 0.717) is 18.9 Å². The van der Waals surface area contributed by atoms with Crippen molar-refractivity contribution in [1.29, 1.82) is 0 Å². The van der Waals surface area contributed by atoms with Crippen LogP contribution >= 0.6 is 11.8 Å². The van der Waals surface area contributed by atoms with Gasteiger partial charge in [-0.05, 0) is 62.3 Å². The Morgan fingerprint density at radius 1 is 1.17 bits per heavy atom. The summed E-state index contributed by atoms with van der Waals surface area (Å²) in [7, 11) is 0. The third-order valence-electron chi connectivity index (χ3n) is 4.29. The maximum absolute atomic E-state index is 12.4. The maximum atomic E-state index is 12.4. The fourth-order valence-electron chi connectivity index (χ4n) is 3.01. The van der Waals surface area contributed by atoms with Crippen LogP contribution in [0.2, 0.25) is 0 Å². The second-order valence-corrected chi connectivity index (χ2v) is 7.83. The first-order chi connectivity index (χ1) is 11.5. The van der Waals surface area contributed by atoms with Crippen molar-refractivity contribution in [2.24, 2.45) is 5.92 Å². The van der Waals surface area contributed by atoms with Crippen LogP contribution in [0.3, 0.4) is 0 Å². The Labute approximate surface area is 146 Å². The summed E-state index contributed by atoms with van der Waals surface area (Å²) in [6, 6.07) is 6.35. The molecule has 24 heavy (non-hydrogen) atoms. The molecule has 1 aromatic heterocycles. The standard InChI is InChI=1S/C19H24N2O2S/c1-4-5-16-17(22)20-19(23)21(11-14-6-7-14)18(16)24-15-9-12(2)8-13(3)10-15/h8-10,14H,4-7,11H2,1-3H3,(H,20,22,23). The van der Waals surface area contributed by atoms with Crippen LogP contribution in [0.15, 0.2) is 37.7 Å². The number of benzene rings is 1. The number of H-pyrrole nitrogens is 1. The highest BCUT2D eigenvalue weighted by Crippen LogP contribution is 2.34. The maximum Gasteiger partial charge on any atom is 0.329 e. The van der Waals surface area contributed by atoms with Crippen LogP contribution < -0.4 is 11.2 Å². The zero-order valence-corrected chi connectivity index (χ0v) is 15.3. The topological polar surface area (TPSA) is 54.9 Å². The first-order valence-corrected chi connectivity index (χ1v) is 9.41. The molecule has 0 radical (unpaired) electrons. The number of aryl methyl sites for hydroxylation is 2. The first-order valence-electron chi connectivity index (χ1n) is 8.60. The largest absolute Gasteiger partial charge is 0.329 e. The van der Waals surface area contributed by atoms with Crippen LogP contribution in [0.1, 0.15) is 42.9 Å². The summed E-state index contributed by atoms with van der Waals surface area (Å²) in [5, 5.41) is 0.822. The van der Waals surface area contributed by atoms with E-state index >= 15 is 0 Å². The number of nitrogens with one attached hydrogen (secondary N) is 1. The zero-order valence-electron chi connectivity index (χ0n) is 14.5. The van der Waals surface area contributed by atoms with Crippen LogP contribution in [-0.4, -0.2) is 9.55 Å². The van der Waals surface area contributed by atoms with Crippen LogP contribution in [0.4, 0.5) is 0 Å². The van der Waals surface area contributed by atoms with Crippen LogP contribution in [0.5, 0.6) is 0 Å². The second-order valence-electron chi connectivity index (χ2n) is 6.77. The third kappa shape index (κ3) is 3.83. The lowest BCUT2D eigenvalue weighted by atomic mass is 10.2. The van der Waals surface area contributed by atoms with Gasteiger partial charge in [0.25, 0.3) is 5.56 Å². The highest BCUT2D eigenvalue weighted by Gasteiger charge is 2.25. The molecule has 2 aromatic rings. The Morgan fingerprint density at radius 3 is 2.42 bits per heavy atom. The number of hydrogen-bond acceptors (Lipinski definition) is 3. The van der Waals surface area contributed by atoms with E-state index in [1.54, 1.807) is 16.3 Å². The van der Waals surface area contributed by atoms with Gasteiger partial charge in [0, 0.05) is 17.0 Å². The molecule has 0 saturated heterocycles. The number of aromatic amines is 1. The fraction of sp³-hybridized carbons (Fsp3) is 0.474. The molecule has 128 valence electrons. The minimum atomic E-state index is -0.279. The molecule has 1 aliphatic carbocycles. The molecule has 0 unspecified atom stereocenters. The second kappa shape index (κ2) is 7.01. The lowest BCUT2D eigenvalue weighted by molar-refractivity contribution is 0.535. The van der Waals surface area contributed by atoms with Gasteiger partial charge in [-0.2, -0.15) is 0 Å². The molecule has 1 aliphatic rings. The molecule has 0 spiro atoms. The van der Waals surface area contributed by atoms with Gasteiger partial charge in [0.1, 0.15) is 0 Å². The molecule has 1 aromatic carbocycles. The van der Waals surface area contributed by atoms with Gasteiger partial charge in [-0.15, -0.1) is 0 Å². The van der Waals surface area contributed by atoms with Crippen molar-refractivity contribution < 1.29 is 0 Å². The summed E-state index contributed by atoms with van der Waals surface area (Å²) in [6.45, 7) is 6.90. The highest BCUT2D eigenvalue weighted by atomic mass is 32.2.